The van der Waals surface area contributed by atoms with Crippen LogP contribution in [0.5, 0.6) is 11.5 Å². The molecular weight excluding hydrogens is 518 g/mol. The highest BCUT2D eigenvalue weighted by molar-refractivity contribution is 7.17. The Hall–Kier alpha value is -3.43. The first-order chi connectivity index (χ1) is 18.9. The molecule has 0 amide bonds. The van der Waals surface area contributed by atoms with Gasteiger partial charge in [0.05, 0.1) is 38.5 Å². The van der Waals surface area contributed by atoms with Crippen LogP contribution in [0.4, 0.5) is 0 Å². The van der Waals surface area contributed by atoms with Crippen molar-refractivity contribution < 1.29 is 34.0 Å². The first-order valence-corrected chi connectivity index (χ1v) is 14.3. The van der Waals surface area contributed by atoms with E-state index in [0.29, 0.717) is 37.7 Å². The average molecular weight is 554 g/mol. The number of carboxylic acid groups (broad SMARTS) is 1. The van der Waals surface area contributed by atoms with Crippen molar-refractivity contribution in [1.29, 1.82) is 0 Å². The van der Waals surface area contributed by atoms with Gasteiger partial charge >= 0.3 is 11.9 Å². The van der Waals surface area contributed by atoms with Gasteiger partial charge in [0, 0.05) is 12.0 Å². The molecule has 0 saturated carbocycles. The minimum absolute atomic E-state index is 0.0599. The Kier molecular flexibility index (Phi) is 9.95. The molecule has 1 heterocycles. The lowest BCUT2D eigenvalue weighted by Crippen LogP contribution is -2.08. The molecule has 8 nitrogen and oxygen atoms in total. The van der Waals surface area contributed by atoms with Gasteiger partial charge in [-0.05, 0) is 79.1 Å². The Labute approximate surface area is 232 Å². The maximum atomic E-state index is 11.9. The van der Waals surface area contributed by atoms with Gasteiger partial charge in [0.15, 0.2) is 0 Å². The fourth-order valence-electron chi connectivity index (χ4n) is 4.90. The second-order valence-electron chi connectivity index (χ2n) is 9.49. The summed E-state index contributed by atoms with van der Waals surface area (Å²) in [5.41, 5.74) is 4.48. The summed E-state index contributed by atoms with van der Waals surface area (Å²) in [6.45, 7) is 4.94. The third-order valence-electron chi connectivity index (χ3n) is 6.72. The van der Waals surface area contributed by atoms with E-state index in [1.54, 1.807) is 0 Å². The topological polar surface area (TPSA) is 115 Å². The van der Waals surface area contributed by atoms with Gasteiger partial charge in [0.2, 0.25) is 0 Å². The molecule has 3 aromatic rings. The highest BCUT2D eigenvalue weighted by atomic mass is 32.1. The van der Waals surface area contributed by atoms with Crippen LogP contribution in [0, 0.1) is 0 Å². The monoisotopic (exact) mass is 553 g/mol. The molecule has 4 rings (SSSR count). The minimum Gasteiger partial charge on any atom is -0.493 e. The molecule has 1 aliphatic rings. The van der Waals surface area contributed by atoms with Crippen LogP contribution in [0.1, 0.15) is 77.5 Å². The number of nitrogens with zero attached hydrogens (tertiary/aromatic N) is 1. The quantitative estimate of drug-likeness (QED) is 0.191. The lowest BCUT2D eigenvalue weighted by atomic mass is 9.98. The van der Waals surface area contributed by atoms with Gasteiger partial charge in [-0.25, -0.2) is 9.78 Å². The van der Waals surface area contributed by atoms with E-state index < -0.39 is 12.6 Å². The SMILES string of the molecule is CCCc1cc(-c2nc(CO)c(C(=O)O)s2)ccc1OCCCOc1ccc2c(c1)CC[C@H]2CC(=O)OCC. The molecule has 0 bridgehead atoms. The molecule has 0 fully saturated rings. The number of ether oxygens (including phenoxy) is 3. The molecule has 0 unspecified atom stereocenters. The van der Waals surface area contributed by atoms with E-state index in [2.05, 4.69) is 24.0 Å². The Morgan fingerprint density at radius 1 is 1.10 bits per heavy atom. The zero-order chi connectivity index (χ0) is 27.8. The molecule has 1 atom stereocenters. The van der Waals surface area contributed by atoms with Crippen LogP contribution in [0.2, 0.25) is 0 Å². The zero-order valence-electron chi connectivity index (χ0n) is 22.4. The Morgan fingerprint density at radius 3 is 2.64 bits per heavy atom. The van der Waals surface area contributed by atoms with Crippen LogP contribution >= 0.6 is 11.3 Å². The first kappa shape index (κ1) is 28.6. The highest BCUT2D eigenvalue weighted by Crippen LogP contribution is 2.37. The van der Waals surface area contributed by atoms with E-state index in [9.17, 15) is 19.8 Å². The molecular formula is C30H35NO7S. The van der Waals surface area contributed by atoms with Crippen molar-refractivity contribution in [3.05, 3.63) is 63.7 Å². The van der Waals surface area contributed by atoms with E-state index in [1.165, 1.54) is 11.1 Å². The number of carbonyl (C=O) groups excluding carboxylic acids is 1. The summed E-state index contributed by atoms with van der Waals surface area (Å²) >= 11 is 1.06. The number of carboxylic acids is 1. The normalized spacial score (nSPS) is 14.2. The van der Waals surface area contributed by atoms with Crippen LogP contribution in [-0.2, 0) is 29.0 Å². The van der Waals surface area contributed by atoms with Gasteiger partial charge < -0.3 is 24.4 Å². The predicted molar refractivity (Wildman–Crippen MR) is 149 cm³/mol. The summed E-state index contributed by atoms with van der Waals surface area (Å²) in [5, 5.41) is 19.4. The molecule has 39 heavy (non-hydrogen) atoms. The van der Waals surface area contributed by atoms with E-state index in [-0.39, 0.29) is 22.5 Å². The van der Waals surface area contributed by atoms with E-state index >= 15 is 0 Å². The number of benzene rings is 2. The maximum Gasteiger partial charge on any atom is 0.347 e. The van der Waals surface area contributed by atoms with Gasteiger partial charge in [-0.3, -0.25) is 4.79 Å². The van der Waals surface area contributed by atoms with Gasteiger partial charge in [0.25, 0.3) is 0 Å². The fourth-order valence-corrected chi connectivity index (χ4v) is 5.81. The summed E-state index contributed by atoms with van der Waals surface area (Å²) < 4.78 is 17.2. The molecule has 0 radical (unpaired) electrons. The van der Waals surface area contributed by atoms with Crippen molar-refractivity contribution >= 4 is 23.3 Å². The number of aromatic nitrogens is 1. The second-order valence-corrected chi connectivity index (χ2v) is 10.5. The summed E-state index contributed by atoms with van der Waals surface area (Å²) in [7, 11) is 0. The fraction of sp³-hybridized carbons (Fsp3) is 0.433. The molecule has 1 aliphatic carbocycles. The van der Waals surface area contributed by atoms with E-state index in [4.69, 9.17) is 14.2 Å². The molecule has 0 aliphatic heterocycles. The Bertz CT molecular complexity index is 1300. The van der Waals surface area contributed by atoms with Gasteiger partial charge in [-0.15, -0.1) is 11.3 Å². The summed E-state index contributed by atoms with van der Waals surface area (Å²) in [5.74, 6) is 0.614. The number of hydrogen-bond acceptors (Lipinski definition) is 8. The molecule has 9 heteroatoms. The predicted octanol–water partition coefficient (Wildman–Crippen LogP) is 5.78. The first-order valence-electron chi connectivity index (χ1n) is 13.4. The van der Waals surface area contributed by atoms with Gasteiger partial charge in [-0.1, -0.05) is 19.4 Å². The molecule has 0 spiro atoms. The van der Waals surface area contributed by atoms with Gasteiger partial charge in [-0.2, -0.15) is 0 Å². The molecule has 2 N–H and O–H groups in total. The number of aliphatic hydroxyl groups excluding tert-OH is 1. The number of fused-ring (bicyclic) bond motifs is 1. The van der Waals surface area contributed by atoms with Crippen LogP contribution in [0.3, 0.4) is 0 Å². The minimum atomic E-state index is -1.09. The Morgan fingerprint density at radius 2 is 1.92 bits per heavy atom. The second kappa shape index (κ2) is 13.6. The standard InChI is InChI=1S/C30H35NO7S/c1-3-6-21-15-22(29-31-25(18-32)28(39-29)30(34)35)9-12-26(21)38-14-5-13-37-23-10-11-24-19(16-23)7-8-20(24)17-27(33)36-4-2/h9-12,15-16,20,32H,3-8,13-14,17-18H2,1-2H3,(H,34,35)/t20-/m0/s1. The van der Waals surface area contributed by atoms with Crippen molar-refractivity contribution in [1.82, 2.24) is 4.98 Å². The third-order valence-corrected chi connectivity index (χ3v) is 7.85. The third kappa shape index (κ3) is 7.16. The lowest BCUT2D eigenvalue weighted by molar-refractivity contribution is -0.143. The molecule has 2 aromatic carbocycles. The van der Waals surface area contributed by atoms with Crippen LogP contribution in [0.15, 0.2) is 36.4 Å². The van der Waals surface area contributed by atoms with Crippen molar-refractivity contribution in [3.63, 3.8) is 0 Å². The largest absolute Gasteiger partial charge is 0.493 e. The average Bonchev–Trinajstić information content (AvgIpc) is 3.54. The zero-order valence-corrected chi connectivity index (χ0v) is 23.2. The maximum absolute atomic E-state index is 11.9. The number of carbonyl (C=O) groups is 2. The lowest BCUT2D eigenvalue weighted by Gasteiger charge is -2.14. The van der Waals surface area contributed by atoms with Crippen molar-refractivity contribution in [2.24, 2.45) is 0 Å². The summed E-state index contributed by atoms with van der Waals surface area (Å²) in [6, 6.07) is 11.9. The molecule has 0 saturated heterocycles. The summed E-state index contributed by atoms with van der Waals surface area (Å²) in [4.78, 5) is 27.7. The number of rotatable bonds is 14. The van der Waals surface area contributed by atoms with Crippen LogP contribution in [-0.4, -0.2) is 47.0 Å². The van der Waals surface area contributed by atoms with E-state index in [1.807, 2.05) is 31.2 Å². The molecule has 1 aromatic heterocycles. The van der Waals surface area contributed by atoms with Crippen molar-refractivity contribution in [3.8, 4) is 22.1 Å². The number of aryl methyl sites for hydroxylation is 2. The van der Waals surface area contributed by atoms with Crippen molar-refractivity contribution in [2.45, 2.75) is 64.9 Å². The molecule has 208 valence electrons. The highest BCUT2D eigenvalue weighted by Gasteiger charge is 2.25. The van der Waals surface area contributed by atoms with Crippen LogP contribution < -0.4 is 9.47 Å². The Balaban J connectivity index is 1.30. The van der Waals surface area contributed by atoms with Gasteiger partial charge in [0.1, 0.15) is 21.4 Å². The number of thiazole rings is 1. The summed E-state index contributed by atoms with van der Waals surface area (Å²) in [6.07, 6.45) is 4.78. The number of aromatic carboxylic acids is 1. The number of hydrogen-bond donors (Lipinski definition) is 2. The number of esters is 1. The van der Waals surface area contributed by atoms with Crippen LogP contribution in [0.25, 0.3) is 10.6 Å². The smallest absolute Gasteiger partial charge is 0.347 e. The van der Waals surface area contributed by atoms with Crippen molar-refractivity contribution in [2.75, 3.05) is 19.8 Å². The number of aliphatic hydroxyl groups is 1. The van der Waals surface area contributed by atoms with E-state index in [0.717, 1.165) is 59.6 Å².